The summed E-state index contributed by atoms with van der Waals surface area (Å²) in [6.07, 6.45) is -45.7. The molecule has 0 atom stereocenters. The highest BCUT2D eigenvalue weighted by molar-refractivity contribution is 6.76. The first kappa shape index (κ1) is 80.0. The zero-order valence-electron chi connectivity index (χ0n) is 39.2. The van der Waals surface area contributed by atoms with Crippen molar-refractivity contribution in [1.29, 1.82) is 0 Å². The predicted molar refractivity (Wildman–Crippen MR) is 187 cm³/mol. The highest BCUT2D eigenvalue weighted by atomic mass is 28.3. The lowest BCUT2D eigenvalue weighted by Crippen LogP contribution is -2.72. The van der Waals surface area contributed by atoms with Gasteiger partial charge >= 0.3 is 125 Å². The summed E-state index contributed by atoms with van der Waals surface area (Å²) >= 11 is 0. The molecule has 47 heteroatoms. The van der Waals surface area contributed by atoms with Crippen LogP contribution in [0.5, 0.6) is 0 Å². The molecule has 83 heavy (non-hydrogen) atoms. The van der Waals surface area contributed by atoms with Gasteiger partial charge in [0.1, 0.15) is 8.24 Å². The molecule has 500 valence electrons. The lowest BCUT2D eigenvalue weighted by atomic mass is 9.89. The third kappa shape index (κ3) is 13.1. The van der Waals surface area contributed by atoms with Gasteiger partial charge < -0.3 is 5.40 Å². The number of hydrogen-bond acceptors (Lipinski definition) is 1. The van der Waals surface area contributed by atoms with E-state index in [4.69, 9.17) is 5.40 Å². The predicted octanol–water partition coefficient (Wildman–Crippen LogP) is 19.7. The Morgan fingerprint density at radius 2 is 0.301 bits per heavy atom. The van der Waals surface area contributed by atoms with Gasteiger partial charge in [-0.1, -0.05) is 38.5 Å². The average molecular weight is 1360 g/mol. The van der Waals surface area contributed by atoms with Crippen LogP contribution >= 0.6 is 0 Å². The van der Waals surface area contributed by atoms with Gasteiger partial charge in [0.25, 0.3) is 0 Å². The molecule has 0 spiro atoms. The Balaban J connectivity index is 6.75. The smallest absolute Gasteiger partial charge is 0.351 e. The lowest BCUT2D eigenvalue weighted by Gasteiger charge is -2.41. The Morgan fingerprint density at radius 3 is 0.446 bits per heavy atom. The summed E-state index contributed by atoms with van der Waals surface area (Å²) in [6, 6.07) is -3.08. The fraction of sp³-hybridized carbons (Fsp3) is 1.00. The number of rotatable bonds is 33. The second kappa shape index (κ2) is 23.2. The van der Waals surface area contributed by atoms with E-state index in [1.807, 2.05) is 0 Å². The van der Waals surface area contributed by atoms with Gasteiger partial charge in [0.15, 0.2) is 0 Å². The molecule has 1 nitrogen and oxygen atoms in total. The SMILES string of the molecule is N[Si](CCCCCC(F)(F)C(F)(F)C(F)(F)C(F)(F)C(F)(F)C(F)(F)C(F)(F)F)(CCCCCC(F)(F)C(F)(F)C(F)(F)C(F)(F)C(F)(F)C(F)(F)C(F)(F)F)CCCCCC(F)(F)C(F)(F)C(F)(F)C(F)(F)C(F)(F)C(F)(F)C(F)(F)F. The van der Waals surface area contributed by atoms with Gasteiger partial charge in [0.05, 0.1) is 0 Å². The van der Waals surface area contributed by atoms with Crippen molar-refractivity contribution < 1.29 is 198 Å². The Bertz CT molecular complexity index is 1880. The van der Waals surface area contributed by atoms with E-state index in [0.29, 0.717) is 0 Å². The number of hydrogen-bond donors (Lipinski definition) is 1. The quantitative estimate of drug-likeness (QED) is 0.0396. The van der Waals surface area contributed by atoms with E-state index in [1.54, 1.807) is 0 Å². The van der Waals surface area contributed by atoms with Gasteiger partial charge in [-0.25, -0.2) is 0 Å². The molecule has 0 aliphatic rings. The van der Waals surface area contributed by atoms with E-state index in [1.165, 1.54) is 0 Å². The largest absolute Gasteiger partial charge is 0.460 e. The molecule has 0 rings (SSSR count). The molecule has 0 unspecified atom stereocenters. The fourth-order valence-corrected chi connectivity index (χ4v) is 10.5. The molecule has 0 saturated carbocycles. The fourth-order valence-electron chi connectivity index (χ4n) is 6.85. The average Bonchev–Trinajstić information content (AvgIpc) is 3.26. The van der Waals surface area contributed by atoms with Crippen LogP contribution in [0.25, 0.3) is 0 Å². The zero-order chi connectivity index (χ0) is 67.6. The van der Waals surface area contributed by atoms with Crippen molar-refractivity contribution in [3.63, 3.8) is 0 Å². The van der Waals surface area contributed by atoms with Crippen LogP contribution in [-0.2, 0) is 0 Å². The molecule has 0 amide bonds. The number of unbranched alkanes of at least 4 members (excludes halogenated alkanes) is 6. The zero-order valence-corrected chi connectivity index (χ0v) is 40.2. The summed E-state index contributed by atoms with van der Waals surface area (Å²) in [7, 11) is -4.38. The Hall–Kier alpha value is -2.97. The van der Waals surface area contributed by atoms with Crippen molar-refractivity contribution in [2.45, 2.75) is 220 Å². The van der Waals surface area contributed by atoms with E-state index in [2.05, 4.69) is 0 Å². The Morgan fingerprint density at radius 1 is 0.169 bits per heavy atom. The van der Waals surface area contributed by atoms with Crippen LogP contribution < -0.4 is 5.40 Å². The molecule has 0 bridgehead atoms. The lowest BCUT2D eigenvalue weighted by molar-refractivity contribution is -0.452. The van der Waals surface area contributed by atoms with Gasteiger partial charge in [-0.15, -0.1) is 0 Å². The first-order valence-corrected chi connectivity index (χ1v) is 24.1. The minimum absolute atomic E-state index is 1.03. The van der Waals surface area contributed by atoms with Crippen molar-refractivity contribution in [2.75, 3.05) is 0 Å². The molecule has 0 aromatic rings. The summed E-state index contributed by atoms with van der Waals surface area (Å²) < 4.78 is 608. The second-order valence-electron chi connectivity index (χ2n) is 18.3. The van der Waals surface area contributed by atoms with Crippen LogP contribution in [-0.4, -0.2) is 133 Å². The van der Waals surface area contributed by atoms with Gasteiger partial charge in [0.2, 0.25) is 0 Å². The molecule has 0 fully saturated rings. The first-order valence-electron chi connectivity index (χ1n) is 21.4. The topological polar surface area (TPSA) is 26.0 Å². The van der Waals surface area contributed by atoms with E-state index >= 15 is 0 Å². The van der Waals surface area contributed by atoms with Crippen molar-refractivity contribution in [1.82, 2.24) is 0 Å². The monoisotopic (exact) mass is 1360 g/mol. The molecule has 0 saturated heterocycles. The molecule has 0 aliphatic carbocycles. The standard InChI is InChI=1S/C36H32F45NSi/c37-16(38,19(43,44)22(49,50)25(55,56)28(61,62)31(67,68)34(73,74)75)10-4-1-7-13-83(82,14-8-2-5-11-17(39,40)20(45,46)23(51,52)26(57,58)29(63,64)32(69,70)35(76,77)78)15-9-3-6-12-18(41,42)21(47,48)24(53,54)27(59,60)30(65,66)33(71,72)36(79,80)81/h1-15,82H2. The van der Waals surface area contributed by atoms with Gasteiger partial charge in [-0.05, 0) is 37.4 Å². The molecular formula is C36H32F45NSi. The highest BCUT2D eigenvalue weighted by Gasteiger charge is 2.96. The van der Waals surface area contributed by atoms with Crippen LogP contribution in [0.3, 0.4) is 0 Å². The normalized spacial score (nSPS) is 16.6. The van der Waals surface area contributed by atoms with Crippen LogP contribution in [0, 0.1) is 0 Å². The van der Waals surface area contributed by atoms with Gasteiger partial charge in [-0.3, -0.25) is 0 Å². The Kier molecular flexibility index (Phi) is 22.4. The molecule has 0 aromatic heterocycles. The number of halogens is 45. The van der Waals surface area contributed by atoms with Crippen molar-refractivity contribution >= 4 is 8.24 Å². The Labute approximate surface area is 432 Å². The summed E-state index contributed by atoms with van der Waals surface area (Å²) in [5.74, 6) is -148. The first-order chi connectivity index (χ1) is 35.6. The van der Waals surface area contributed by atoms with E-state index < -0.39 is 229 Å². The third-order valence-electron chi connectivity index (χ3n) is 12.2. The maximum absolute atomic E-state index is 14.3. The van der Waals surface area contributed by atoms with Crippen LogP contribution in [0.4, 0.5) is 198 Å². The summed E-state index contributed by atoms with van der Waals surface area (Å²) in [5.41, 5.74) is 0. The summed E-state index contributed by atoms with van der Waals surface area (Å²) in [6.45, 7) is 0. The van der Waals surface area contributed by atoms with Crippen LogP contribution in [0.2, 0.25) is 18.1 Å². The van der Waals surface area contributed by atoms with Crippen molar-refractivity contribution in [3.05, 3.63) is 0 Å². The maximum Gasteiger partial charge on any atom is 0.460 e. The van der Waals surface area contributed by atoms with Gasteiger partial charge in [-0.2, -0.15) is 198 Å². The van der Waals surface area contributed by atoms with Gasteiger partial charge in [0, 0.05) is 19.3 Å². The third-order valence-corrected chi connectivity index (χ3v) is 16.2. The number of alkyl halides is 45. The van der Waals surface area contributed by atoms with E-state index in [0.717, 1.165) is 0 Å². The maximum atomic E-state index is 14.3. The van der Waals surface area contributed by atoms with Crippen molar-refractivity contribution in [3.8, 4) is 0 Å². The molecule has 2 N–H and O–H groups in total. The molecule has 0 aromatic carbocycles. The minimum Gasteiger partial charge on any atom is -0.351 e. The highest BCUT2D eigenvalue weighted by Crippen LogP contribution is 2.66. The summed E-state index contributed by atoms with van der Waals surface area (Å²) in [5, 5.41) is 5.99. The molecule has 0 aliphatic heterocycles. The summed E-state index contributed by atoms with van der Waals surface area (Å²) in [4.78, 5) is 0. The number of nitrogens with two attached hydrogens (primary N) is 1. The molecule has 0 radical (unpaired) electrons. The van der Waals surface area contributed by atoms with Crippen molar-refractivity contribution in [2.24, 2.45) is 5.40 Å². The molecular weight excluding hydrogens is 1330 g/mol. The molecule has 0 heterocycles. The van der Waals surface area contributed by atoms with E-state index in [-0.39, 0.29) is 0 Å². The van der Waals surface area contributed by atoms with Crippen LogP contribution in [0.1, 0.15) is 77.0 Å². The minimum atomic E-state index is -8.74. The second-order valence-corrected chi connectivity index (χ2v) is 22.5. The van der Waals surface area contributed by atoms with E-state index in [9.17, 15) is 198 Å². The van der Waals surface area contributed by atoms with Crippen LogP contribution in [0.15, 0.2) is 0 Å².